The first kappa shape index (κ1) is 22.1. The Morgan fingerprint density at radius 3 is 2.63 bits per heavy atom. The van der Waals surface area contributed by atoms with Gasteiger partial charge < -0.3 is 19.5 Å². The average Bonchev–Trinajstić information content (AvgIpc) is 3.32. The van der Waals surface area contributed by atoms with E-state index in [-0.39, 0.29) is 17.9 Å². The van der Waals surface area contributed by atoms with Crippen LogP contribution in [0.25, 0.3) is 5.76 Å². The van der Waals surface area contributed by atoms with Crippen molar-refractivity contribution in [2.24, 2.45) is 5.92 Å². The maximum Gasteiger partial charge on any atom is 0.295 e. The normalized spacial score (nSPS) is 18.4. The third-order valence-electron chi connectivity index (χ3n) is 4.93. The molecule has 2 aromatic rings. The number of rotatable bonds is 8. The van der Waals surface area contributed by atoms with Gasteiger partial charge in [-0.15, -0.1) is 11.3 Å². The monoisotopic (exact) mass is 429 g/mol. The van der Waals surface area contributed by atoms with Crippen molar-refractivity contribution < 1.29 is 24.2 Å². The number of methoxy groups -OCH3 is 1. The van der Waals surface area contributed by atoms with Crippen molar-refractivity contribution in [2.45, 2.75) is 26.8 Å². The van der Waals surface area contributed by atoms with Crippen LogP contribution in [-0.4, -0.2) is 48.6 Å². The van der Waals surface area contributed by atoms with Crippen LogP contribution in [0, 0.1) is 12.8 Å². The molecular weight excluding hydrogens is 402 g/mol. The van der Waals surface area contributed by atoms with Crippen molar-refractivity contribution in [3.05, 3.63) is 57.3 Å². The molecule has 2 heterocycles. The van der Waals surface area contributed by atoms with Crippen LogP contribution < -0.4 is 4.74 Å². The molecular formula is C23H27NO5S. The molecule has 1 fully saturated rings. The minimum atomic E-state index is -0.679. The highest BCUT2D eigenvalue weighted by Gasteiger charge is 2.46. The van der Waals surface area contributed by atoms with Gasteiger partial charge >= 0.3 is 0 Å². The lowest BCUT2D eigenvalue weighted by Crippen LogP contribution is -2.32. The minimum Gasteiger partial charge on any atom is -0.507 e. The molecule has 1 N–H and O–H groups in total. The number of benzene rings is 1. The molecule has 160 valence electrons. The summed E-state index contributed by atoms with van der Waals surface area (Å²) in [5.41, 5.74) is 1.39. The fourth-order valence-corrected chi connectivity index (χ4v) is 4.29. The number of amides is 1. The van der Waals surface area contributed by atoms with E-state index in [2.05, 4.69) is 13.8 Å². The number of carbonyl (C=O) groups is 2. The zero-order valence-electron chi connectivity index (χ0n) is 17.7. The van der Waals surface area contributed by atoms with Gasteiger partial charge in [0.15, 0.2) is 0 Å². The number of hydrogen-bond donors (Lipinski definition) is 1. The Kier molecular flexibility index (Phi) is 6.95. The molecule has 30 heavy (non-hydrogen) atoms. The van der Waals surface area contributed by atoms with Crippen molar-refractivity contribution in [1.82, 2.24) is 4.90 Å². The summed E-state index contributed by atoms with van der Waals surface area (Å²) < 4.78 is 10.9. The van der Waals surface area contributed by atoms with Crippen LogP contribution in [0.15, 0.2) is 41.3 Å². The Morgan fingerprint density at radius 1 is 1.27 bits per heavy atom. The van der Waals surface area contributed by atoms with Gasteiger partial charge in [-0.2, -0.15) is 0 Å². The largest absolute Gasteiger partial charge is 0.507 e. The fourth-order valence-electron chi connectivity index (χ4n) is 3.44. The predicted octanol–water partition coefficient (Wildman–Crippen LogP) is 4.16. The molecule has 1 aromatic carbocycles. The molecule has 1 unspecified atom stereocenters. The average molecular weight is 430 g/mol. The lowest BCUT2D eigenvalue weighted by Gasteiger charge is -2.23. The second kappa shape index (κ2) is 9.45. The van der Waals surface area contributed by atoms with E-state index in [0.29, 0.717) is 30.4 Å². The molecule has 1 aliphatic heterocycles. The topological polar surface area (TPSA) is 76.1 Å². The van der Waals surface area contributed by atoms with Crippen LogP contribution in [-0.2, 0) is 14.3 Å². The van der Waals surface area contributed by atoms with Crippen LogP contribution in [0.3, 0.4) is 0 Å². The number of likely N-dealkylation sites (tertiary alicyclic amines) is 1. The molecule has 0 bridgehead atoms. The SMILES string of the molecule is COCCN1C(=O)C(=O)C(=C(O)c2ccc(OCC(C)C)cc2C)C1c1cccs1. The number of aliphatic hydroxyl groups excluding tert-OH is 1. The predicted molar refractivity (Wildman–Crippen MR) is 117 cm³/mol. The van der Waals surface area contributed by atoms with Gasteiger partial charge in [-0.1, -0.05) is 19.9 Å². The molecule has 0 saturated carbocycles. The molecule has 6 nitrogen and oxygen atoms in total. The van der Waals surface area contributed by atoms with Crippen LogP contribution in [0.1, 0.15) is 35.9 Å². The van der Waals surface area contributed by atoms with Crippen LogP contribution in [0.2, 0.25) is 0 Å². The van der Waals surface area contributed by atoms with Gasteiger partial charge in [0.1, 0.15) is 11.5 Å². The standard InChI is InChI=1S/C23H27NO5S/c1-14(2)13-29-16-7-8-17(15(3)12-16)21(25)19-20(18-6-5-11-30-18)24(9-10-28-4)23(27)22(19)26/h5-8,11-12,14,20,25H,9-10,13H2,1-4H3. The number of aryl methyl sites for hydroxylation is 1. The van der Waals surface area contributed by atoms with Gasteiger partial charge in [-0.3, -0.25) is 9.59 Å². The molecule has 1 amide bonds. The van der Waals surface area contributed by atoms with Gasteiger partial charge in [0.2, 0.25) is 0 Å². The zero-order valence-corrected chi connectivity index (χ0v) is 18.5. The number of thiophene rings is 1. The molecule has 0 spiro atoms. The zero-order chi connectivity index (χ0) is 21.8. The molecule has 1 atom stereocenters. The van der Waals surface area contributed by atoms with E-state index in [1.54, 1.807) is 19.2 Å². The second-order valence-corrected chi connectivity index (χ2v) is 8.66. The summed E-state index contributed by atoms with van der Waals surface area (Å²) >= 11 is 1.44. The molecule has 1 saturated heterocycles. The number of carbonyl (C=O) groups excluding carboxylic acids is 2. The van der Waals surface area contributed by atoms with Crippen LogP contribution in [0.5, 0.6) is 5.75 Å². The third-order valence-corrected chi connectivity index (χ3v) is 5.85. The van der Waals surface area contributed by atoms with Crippen LogP contribution in [0.4, 0.5) is 0 Å². The Hall–Kier alpha value is -2.64. The van der Waals surface area contributed by atoms with E-state index in [4.69, 9.17) is 9.47 Å². The van der Waals surface area contributed by atoms with Crippen molar-refractivity contribution in [3.63, 3.8) is 0 Å². The first-order valence-electron chi connectivity index (χ1n) is 9.89. The molecule has 1 aliphatic rings. The Morgan fingerprint density at radius 2 is 2.03 bits per heavy atom. The van der Waals surface area contributed by atoms with Crippen molar-refractivity contribution in [1.29, 1.82) is 0 Å². The highest BCUT2D eigenvalue weighted by Crippen LogP contribution is 2.41. The van der Waals surface area contributed by atoms with Gasteiger partial charge in [0.25, 0.3) is 11.7 Å². The number of ketones is 1. The van der Waals surface area contributed by atoms with Crippen molar-refractivity contribution in [2.75, 3.05) is 26.9 Å². The summed E-state index contributed by atoms with van der Waals surface area (Å²) in [4.78, 5) is 27.9. The van der Waals surface area contributed by atoms with Crippen molar-refractivity contribution >= 4 is 28.8 Å². The third kappa shape index (κ3) is 4.42. The Balaban J connectivity index is 2.03. The Labute approximate surface area is 180 Å². The highest BCUT2D eigenvalue weighted by atomic mass is 32.1. The molecule has 7 heteroatoms. The summed E-state index contributed by atoms with van der Waals surface area (Å²) in [6.45, 7) is 7.14. The Bertz CT molecular complexity index is 949. The number of aliphatic hydroxyl groups is 1. The molecule has 0 radical (unpaired) electrons. The van der Waals surface area contributed by atoms with Crippen LogP contribution >= 0.6 is 11.3 Å². The maximum absolute atomic E-state index is 12.9. The number of Topliss-reactive ketones (excluding diaryl/α,β-unsaturated/α-hetero) is 1. The van der Waals surface area contributed by atoms with E-state index in [1.807, 2.05) is 30.5 Å². The maximum atomic E-state index is 12.9. The molecule has 0 aliphatic carbocycles. The van der Waals surface area contributed by atoms with Gasteiger partial charge in [-0.25, -0.2) is 0 Å². The quantitative estimate of drug-likeness (QED) is 0.387. The number of hydrogen-bond acceptors (Lipinski definition) is 6. The van der Waals surface area contributed by atoms with Gasteiger partial charge in [0, 0.05) is 24.1 Å². The number of nitrogens with zero attached hydrogens (tertiary/aromatic N) is 1. The number of ether oxygens (including phenoxy) is 2. The second-order valence-electron chi connectivity index (χ2n) is 7.68. The van der Waals surface area contributed by atoms with Gasteiger partial charge in [-0.05, 0) is 48.1 Å². The lowest BCUT2D eigenvalue weighted by molar-refractivity contribution is -0.140. The fraction of sp³-hybridized carbons (Fsp3) is 0.391. The summed E-state index contributed by atoms with van der Waals surface area (Å²) in [6.07, 6.45) is 0. The van der Waals surface area contributed by atoms with E-state index in [9.17, 15) is 14.7 Å². The molecule has 3 rings (SSSR count). The van der Waals surface area contributed by atoms with E-state index < -0.39 is 17.7 Å². The lowest BCUT2D eigenvalue weighted by atomic mass is 9.97. The summed E-state index contributed by atoms with van der Waals surface area (Å²) in [5, 5.41) is 13.0. The summed E-state index contributed by atoms with van der Waals surface area (Å²) in [6, 6.07) is 8.43. The van der Waals surface area contributed by atoms with Crippen molar-refractivity contribution in [3.8, 4) is 5.75 Å². The van der Waals surface area contributed by atoms with E-state index >= 15 is 0 Å². The van der Waals surface area contributed by atoms with Gasteiger partial charge in [0.05, 0.1) is 24.8 Å². The minimum absolute atomic E-state index is 0.109. The molecule has 1 aromatic heterocycles. The smallest absolute Gasteiger partial charge is 0.295 e. The first-order chi connectivity index (χ1) is 14.3. The van der Waals surface area contributed by atoms with E-state index in [0.717, 1.165) is 10.4 Å². The van der Waals surface area contributed by atoms with E-state index in [1.165, 1.54) is 16.2 Å². The highest BCUT2D eigenvalue weighted by molar-refractivity contribution is 7.10. The summed E-state index contributed by atoms with van der Waals surface area (Å²) in [5.74, 6) is -0.372. The first-order valence-corrected chi connectivity index (χ1v) is 10.8. The summed E-state index contributed by atoms with van der Waals surface area (Å²) in [7, 11) is 1.54.